The second-order valence-electron chi connectivity index (χ2n) is 10.3. The van der Waals surface area contributed by atoms with Crippen molar-refractivity contribution in [3.05, 3.63) is 83.8 Å². The van der Waals surface area contributed by atoms with Gasteiger partial charge in [-0.05, 0) is 67.1 Å². The zero-order valence-electron chi connectivity index (χ0n) is 23.9. The van der Waals surface area contributed by atoms with Crippen molar-refractivity contribution >= 4 is 29.5 Å². The van der Waals surface area contributed by atoms with E-state index in [1.165, 1.54) is 12.1 Å². The highest BCUT2D eigenvalue weighted by atomic mass is 32.1. The lowest BCUT2D eigenvalue weighted by molar-refractivity contribution is -0.200. The fourth-order valence-corrected chi connectivity index (χ4v) is 4.09. The molecule has 10 heteroatoms. The summed E-state index contributed by atoms with van der Waals surface area (Å²) in [5.41, 5.74) is 3.40. The smallest absolute Gasteiger partial charge is 0.488 e. The molecular weight excluding hydrogens is 551 g/mol. The number of fused-ring (bicyclic) bond motifs is 1. The molecule has 41 heavy (non-hydrogen) atoms. The van der Waals surface area contributed by atoms with E-state index in [9.17, 15) is 18.0 Å². The van der Waals surface area contributed by atoms with Crippen LogP contribution in [-0.2, 0) is 35.4 Å². The molecule has 0 spiro atoms. The number of carbonyl (C=O) groups excluding carboxylic acids is 1. The molecule has 0 saturated heterocycles. The van der Waals surface area contributed by atoms with Crippen LogP contribution in [0.15, 0.2) is 67.0 Å². The second kappa shape index (κ2) is 13.9. The van der Waals surface area contributed by atoms with E-state index in [-0.39, 0.29) is 35.9 Å². The molecule has 0 unspecified atom stereocenters. The summed E-state index contributed by atoms with van der Waals surface area (Å²) in [7, 11) is 1.80. The van der Waals surface area contributed by atoms with Crippen molar-refractivity contribution < 1.29 is 27.4 Å². The summed E-state index contributed by atoms with van der Waals surface area (Å²) < 4.78 is 52.7. The van der Waals surface area contributed by atoms with Crippen LogP contribution >= 0.6 is 12.6 Å². The van der Waals surface area contributed by atoms with Gasteiger partial charge in [0.25, 0.3) is 0 Å². The van der Waals surface area contributed by atoms with Gasteiger partial charge in [-0.25, -0.2) is 0 Å². The summed E-state index contributed by atoms with van der Waals surface area (Å²) in [6, 6.07) is 15.5. The summed E-state index contributed by atoms with van der Waals surface area (Å²) in [5, 5.41) is 3.50. The van der Waals surface area contributed by atoms with E-state index in [2.05, 4.69) is 43.7 Å². The van der Waals surface area contributed by atoms with Crippen molar-refractivity contribution in [1.82, 2.24) is 14.9 Å². The Morgan fingerprint density at radius 3 is 2.44 bits per heavy atom. The molecule has 0 fully saturated rings. The average molecular weight is 588 g/mol. The predicted molar refractivity (Wildman–Crippen MR) is 159 cm³/mol. The van der Waals surface area contributed by atoms with Gasteiger partial charge in [0.15, 0.2) is 0 Å². The number of carbonyl (C=O) groups is 1. The quantitative estimate of drug-likeness (QED) is 0.159. The predicted octanol–water partition coefficient (Wildman–Crippen LogP) is 7.30. The number of esters is 1. The molecule has 2 heterocycles. The first kappa shape index (κ1) is 32.0. The van der Waals surface area contributed by atoms with Crippen molar-refractivity contribution in [2.45, 2.75) is 58.3 Å². The average Bonchev–Trinajstić information content (AvgIpc) is 3.32. The highest BCUT2D eigenvalue weighted by Gasteiger charge is 2.32. The van der Waals surface area contributed by atoms with Crippen molar-refractivity contribution in [3.63, 3.8) is 0 Å². The zero-order chi connectivity index (χ0) is 30.2. The molecular formula is C31H36F3N3O3S. The van der Waals surface area contributed by atoms with Crippen molar-refractivity contribution in [3.8, 4) is 16.9 Å². The first-order valence-electron chi connectivity index (χ1n) is 13.2. The Bertz CT molecular complexity index is 1460. The van der Waals surface area contributed by atoms with Crippen LogP contribution < -0.4 is 10.1 Å². The number of benzene rings is 2. The lowest BCUT2D eigenvalue weighted by atomic mass is 9.99. The first-order valence-corrected chi connectivity index (χ1v) is 13.6. The molecule has 0 aliphatic heterocycles. The largest absolute Gasteiger partial charge is 0.489 e. The van der Waals surface area contributed by atoms with Crippen LogP contribution in [0.5, 0.6) is 5.75 Å². The van der Waals surface area contributed by atoms with Crippen LogP contribution in [-0.4, -0.2) is 33.9 Å². The molecule has 0 saturated carbocycles. The van der Waals surface area contributed by atoms with Crippen molar-refractivity contribution in [1.29, 1.82) is 0 Å². The molecule has 2 aromatic heterocycles. The Labute approximate surface area is 244 Å². The molecule has 1 N–H and O–H groups in total. The molecule has 220 valence electrons. The van der Waals surface area contributed by atoms with Crippen LogP contribution in [0.4, 0.5) is 13.2 Å². The molecule has 2 aromatic carbocycles. The second-order valence-corrected chi connectivity index (χ2v) is 11.7. The number of nitrogens with zero attached hydrogens (tertiary/aromatic N) is 2. The van der Waals surface area contributed by atoms with Gasteiger partial charge in [0.2, 0.25) is 0 Å². The molecule has 0 aliphatic rings. The minimum absolute atomic E-state index is 0.0142. The van der Waals surface area contributed by atoms with Crippen LogP contribution in [0.1, 0.15) is 44.5 Å². The summed E-state index contributed by atoms with van der Waals surface area (Å²) in [5.74, 6) is 0.0916. The topological polar surface area (TPSA) is 65.4 Å². The number of halogens is 3. The van der Waals surface area contributed by atoms with Gasteiger partial charge in [-0.2, -0.15) is 12.6 Å². The summed E-state index contributed by atoms with van der Waals surface area (Å²) in [6.07, 6.45) is -1.86. The zero-order valence-corrected chi connectivity index (χ0v) is 24.8. The van der Waals surface area contributed by atoms with E-state index >= 15 is 0 Å². The van der Waals surface area contributed by atoms with Crippen molar-refractivity contribution in [2.24, 2.45) is 0 Å². The van der Waals surface area contributed by atoms with Gasteiger partial charge in [-0.1, -0.05) is 39.0 Å². The van der Waals surface area contributed by atoms with E-state index in [0.717, 1.165) is 17.5 Å². The maximum atomic E-state index is 13.7. The van der Waals surface area contributed by atoms with Crippen LogP contribution in [0.25, 0.3) is 22.0 Å². The minimum Gasteiger partial charge on any atom is -0.489 e. The number of ether oxygens (including phenoxy) is 2. The molecule has 4 aromatic rings. The fraction of sp³-hybridized carbons (Fsp3) is 0.355. The van der Waals surface area contributed by atoms with Crippen molar-refractivity contribution in [2.75, 3.05) is 13.7 Å². The maximum Gasteiger partial charge on any atom is 0.488 e. The Balaban J connectivity index is 0.000000850. The number of hydrogen-bond donors (Lipinski definition) is 2. The third-order valence-electron chi connectivity index (χ3n) is 5.63. The van der Waals surface area contributed by atoms with Crippen LogP contribution in [0.2, 0.25) is 0 Å². The van der Waals surface area contributed by atoms with E-state index < -0.39 is 6.30 Å². The summed E-state index contributed by atoms with van der Waals surface area (Å²) >= 11 is 4.12. The number of hydrogen-bond acceptors (Lipinski definition) is 6. The van der Waals surface area contributed by atoms with Gasteiger partial charge in [0, 0.05) is 34.6 Å². The Morgan fingerprint density at radius 1 is 1.07 bits per heavy atom. The van der Waals surface area contributed by atoms with E-state index in [1.54, 1.807) is 50.5 Å². The number of rotatable bonds is 9. The van der Waals surface area contributed by atoms with Gasteiger partial charge in [-0.15, -0.1) is 13.2 Å². The first-order chi connectivity index (χ1) is 19.3. The van der Waals surface area contributed by atoms with Crippen LogP contribution in [0, 0.1) is 0 Å². The SMILES string of the molecule is CC(C)(C)S.CCOC(=O)Cc1ccccc1OCc1cc(-c2ccnc(CNC)c2)c2ccn(C(F)(F)F)c2c1. The Kier molecular flexibility index (Phi) is 10.9. The Morgan fingerprint density at radius 2 is 1.78 bits per heavy atom. The van der Waals surface area contributed by atoms with Gasteiger partial charge in [0.05, 0.1) is 24.2 Å². The highest BCUT2D eigenvalue weighted by Crippen LogP contribution is 2.36. The highest BCUT2D eigenvalue weighted by molar-refractivity contribution is 7.81. The maximum absolute atomic E-state index is 13.7. The van der Waals surface area contributed by atoms with Crippen LogP contribution in [0.3, 0.4) is 0 Å². The molecule has 0 radical (unpaired) electrons. The number of para-hydroxylation sites is 1. The lowest BCUT2D eigenvalue weighted by Crippen LogP contribution is -2.15. The fourth-order valence-electron chi connectivity index (χ4n) is 4.09. The number of aromatic nitrogens is 2. The number of thiol groups is 1. The molecule has 0 amide bonds. The van der Waals surface area contributed by atoms with E-state index in [4.69, 9.17) is 9.47 Å². The number of alkyl halides is 3. The van der Waals surface area contributed by atoms with E-state index in [1.807, 2.05) is 12.1 Å². The Hall–Kier alpha value is -3.50. The van der Waals surface area contributed by atoms with Gasteiger partial charge < -0.3 is 14.8 Å². The monoisotopic (exact) mass is 587 g/mol. The molecule has 6 nitrogen and oxygen atoms in total. The third kappa shape index (κ3) is 9.54. The van der Waals surface area contributed by atoms with Gasteiger partial charge >= 0.3 is 12.3 Å². The lowest BCUT2D eigenvalue weighted by Gasteiger charge is -2.15. The summed E-state index contributed by atoms with van der Waals surface area (Å²) in [4.78, 5) is 16.3. The summed E-state index contributed by atoms with van der Waals surface area (Å²) in [6.45, 7) is 8.70. The standard InChI is InChI=1S/C27H26F3N3O3.C4H10S/c1-3-35-26(34)15-20-6-4-5-7-25(20)36-17-18-12-23(19-8-10-32-21(14-19)16-31-2)22-9-11-33(24(22)13-18)27(28,29)30;1-4(2,3)5/h4-14,31H,3,15-17H2,1-2H3;5H,1-3H3. The normalized spacial score (nSPS) is 11.6. The molecule has 4 rings (SSSR count). The van der Waals surface area contributed by atoms with E-state index in [0.29, 0.717) is 38.9 Å². The molecule has 0 aliphatic carbocycles. The third-order valence-corrected chi connectivity index (χ3v) is 5.63. The van der Waals surface area contributed by atoms with Gasteiger partial charge in [0.1, 0.15) is 12.4 Å². The molecule has 0 bridgehead atoms. The minimum atomic E-state index is -4.57. The van der Waals surface area contributed by atoms with Gasteiger partial charge in [-0.3, -0.25) is 14.3 Å². The molecule has 0 atom stereocenters. The number of pyridine rings is 1. The number of nitrogens with one attached hydrogen (secondary N) is 1.